The van der Waals surface area contributed by atoms with Crippen LogP contribution in [0, 0.1) is 57.2 Å². The van der Waals surface area contributed by atoms with Crippen LogP contribution in [0.4, 0.5) is 0 Å². The van der Waals surface area contributed by atoms with Crippen molar-refractivity contribution in [3.63, 3.8) is 0 Å². The first-order valence-electron chi connectivity index (χ1n) is 15.0. The molecule has 1 heterocycles. The monoisotopic (exact) mass is 484 g/mol. The van der Waals surface area contributed by atoms with Crippen molar-refractivity contribution in [2.45, 2.75) is 125 Å². The second kappa shape index (κ2) is 7.60. The molecule has 1 N–H and O–H groups in total. The van der Waals surface area contributed by atoms with E-state index in [0.717, 1.165) is 30.1 Å². The Morgan fingerprint density at radius 2 is 1.63 bits per heavy atom. The highest BCUT2D eigenvalue weighted by atomic mass is 16.7. The van der Waals surface area contributed by atoms with Crippen molar-refractivity contribution in [2.75, 3.05) is 6.61 Å². The fourth-order valence-electron chi connectivity index (χ4n) is 11.5. The van der Waals surface area contributed by atoms with Crippen molar-refractivity contribution in [3.8, 4) is 0 Å². The van der Waals surface area contributed by atoms with Crippen LogP contribution in [0.2, 0.25) is 0 Å². The Morgan fingerprint density at radius 3 is 2.37 bits per heavy atom. The second-order valence-electron chi connectivity index (χ2n) is 15.5. The standard InChI is InChI=1S/C32H52O3/c1-19-9-10-21-13-15-31(7)22(26(21)20(19)2)11-12-25-29(5)17-23(33)27-30(6,18-34-28(3,4)35-27)24(29)14-16-32(25,31)8/h11,19-21,23-27,33H,9-10,12-18H2,1-8H3/t19-,20+,21?,23?,24?,25?,26?,27?,29+,30?,31-,32-/m1/s1. The number of hydrogen-bond acceptors (Lipinski definition) is 3. The first-order chi connectivity index (χ1) is 16.3. The molecule has 0 spiro atoms. The van der Waals surface area contributed by atoms with E-state index in [9.17, 15) is 5.11 Å². The van der Waals surface area contributed by atoms with Crippen molar-refractivity contribution in [2.24, 2.45) is 57.2 Å². The lowest BCUT2D eigenvalue weighted by atomic mass is 9.34. The number of allylic oxidation sites excluding steroid dienone is 2. The van der Waals surface area contributed by atoms with Gasteiger partial charge in [-0.25, -0.2) is 0 Å². The van der Waals surface area contributed by atoms with E-state index in [1.807, 2.05) is 19.4 Å². The lowest BCUT2D eigenvalue weighted by molar-refractivity contribution is -0.368. The quantitative estimate of drug-likeness (QED) is 0.365. The highest BCUT2D eigenvalue weighted by Crippen LogP contribution is 2.75. The third kappa shape index (κ3) is 3.13. The van der Waals surface area contributed by atoms with Crippen LogP contribution in [0.5, 0.6) is 0 Å². The molecule has 0 aromatic heterocycles. The Morgan fingerprint density at radius 1 is 0.886 bits per heavy atom. The maximum atomic E-state index is 11.6. The molecular formula is C32H52O3. The summed E-state index contributed by atoms with van der Waals surface area (Å²) in [4.78, 5) is 0. The molecule has 0 aromatic rings. The van der Waals surface area contributed by atoms with Crippen LogP contribution in [0.25, 0.3) is 0 Å². The Labute approximate surface area is 214 Å². The summed E-state index contributed by atoms with van der Waals surface area (Å²) in [6.07, 6.45) is 12.4. The van der Waals surface area contributed by atoms with Gasteiger partial charge in [-0.1, -0.05) is 59.6 Å². The molecule has 35 heavy (non-hydrogen) atoms. The topological polar surface area (TPSA) is 38.7 Å². The Kier molecular flexibility index (Phi) is 5.41. The van der Waals surface area contributed by atoms with Crippen LogP contribution in [0.15, 0.2) is 11.6 Å². The van der Waals surface area contributed by atoms with Crippen LogP contribution in [0.3, 0.4) is 0 Å². The van der Waals surface area contributed by atoms with Gasteiger partial charge in [-0.05, 0) is 111 Å². The van der Waals surface area contributed by atoms with Gasteiger partial charge in [0.25, 0.3) is 0 Å². The van der Waals surface area contributed by atoms with Gasteiger partial charge in [0.1, 0.15) is 0 Å². The van der Waals surface area contributed by atoms with Gasteiger partial charge in [0.15, 0.2) is 5.79 Å². The number of hydrogen-bond donors (Lipinski definition) is 1. The number of aliphatic hydroxyl groups excluding tert-OH is 1. The predicted octanol–water partition coefficient (Wildman–Crippen LogP) is 7.38. The summed E-state index contributed by atoms with van der Waals surface area (Å²) < 4.78 is 12.7. The van der Waals surface area contributed by atoms with Crippen molar-refractivity contribution in [1.82, 2.24) is 0 Å². The first kappa shape index (κ1) is 24.9. The zero-order valence-electron chi connectivity index (χ0n) is 23.8. The third-order valence-electron chi connectivity index (χ3n) is 13.7. The zero-order chi connectivity index (χ0) is 25.2. The molecule has 4 saturated carbocycles. The summed E-state index contributed by atoms with van der Waals surface area (Å²) >= 11 is 0. The maximum absolute atomic E-state index is 11.6. The summed E-state index contributed by atoms with van der Waals surface area (Å²) in [5.41, 5.74) is 2.42. The van der Waals surface area contributed by atoms with E-state index in [2.05, 4.69) is 47.6 Å². The van der Waals surface area contributed by atoms with Crippen LogP contribution >= 0.6 is 0 Å². The molecule has 0 aromatic carbocycles. The van der Waals surface area contributed by atoms with Crippen molar-refractivity contribution < 1.29 is 14.6 Å². The van der Waals surface area contributed by atoms with E-state index in [1.165, 1.54) is 44.9 Å². The fraction of sp³-hybridized carbons (Fsp3) is 0.938. The second-order valence-corrected chi connectivity index (χ2v) is 15.5. The molecule has 6 rings (SSSR count). The molecule has 198 valence electrons. The largest absolute Gasteiger partial charge is 0.390 e. The maximum Gasteiger partial charge on any atom is 0.163 e. The molecule has 0 radical (unpaired) electrons. The Bertz CT molecular complexity index is 906. The van der Waals surface area contributed by atoms with Crippen LogP contribution in [-0.4, -0.2) is 29.7 Å². The smallest absolute Gasteiger partial charge is 0.163 e. The Hall–Kier alpha value is -0.380. The molecule has 3 nitrogen and oxygen atoms in total. The average molecular weight is 485 g/mol. The lowest BCUT2D eigenvalue weighted by Gasteiger charge is -2.72. The molecule has 1 aliphatic heterocycles. The van der Waals surface area contributed by atoms with Gasteiger partial charge in [-0.3, -0.25) is 0 Å². The fourth-order valence-corrected chi connectivity index (χ4v) is 11.5. The SMILES string of the molecule is C[C@@H]1CCC2CC[C@]3(C)C(=CCC4[C@@]5(C)CC(O)C6OC(C)(C)OCC6(C)C5CC[C@]43C)C2[C@H]1C. The predicted molar refractivity (Wildman–Crippen MR) is 141 cm³/mol. The minimum Gasteiger partial charge on any atom is -0.390 e. The van der Waals surface area contributed by atoms with Gasteiger partial charge >= 0.3 is 0 Å². The minimum absolute atomic E-state index is 0.110. The number of aliphatic hydroxyl groups is 1. The van der Waals surface area contributed by atoms with Gasteiger partial charge in [0.05, 0.1) is 18.8 Å². The zero-order valence-corrected chi connectivity index (χ0v) is 23.8. The number of rotatable bonds is 0. The summed E-state index contributed by atoms with van der Waals surface area (Å²) in [5, 5.41) is 11.6. The third-order valence-corrected chi connectivity index (χ3v) is 13.7. The van der Waals surface area contributed by atoms with Gasteiger partial charge in [0, 0.05) is 5.41 Å². The highest BCUT2D eigenvalue weighted by molar-refractivity contribution is 5.32. The summed E-state index contributed by atoms with van der Waals surface area (Å²) in [6, 6.07) is 0. The van der Waals surface area contributed by atoms with E-state index in [4.69, 9.17) is 9.47 Å². The highest BCUT2D eigenvalue weighted by Gasteiger charge is 2.70. The molecule has 1 saturated heterocycles. The number of ether oxygens (including phenoxy) is 2. The normalized spacial score (nSPS) is 59.2. The van der Waals surface area contributed by atoms with E-state index in [-0.39, 0.29) is 16.9 Å². The molecular weight excluding hydrogens is 432 g/mol. The van der Waals surface area contributed by atoms with Crippen molar-refractivity contribution in [3.05, 3.63) is 11.6 Å². The van der Waals surface area contributed by atoms with Crippen LogP contribution < -0.4 is 0 Å². The van der Waals surface area contributed by atoms with E-state index in [0.29, 0.717) is 29.3 Å². The van der Waals surface area contributed by atoms with Crippen LogP contribution in [-0.2, 0) is 9.47 Å². The van der Waals surface area contributed by atoms with E-state index >= 15 is 0 Å². The van der Waals surface area contributed by atoms with E-state index in [1.54, 1.807) is 0 Å². The molecule has 12 atom stereocenters. The number of fused-ring (bicyclic) bond motifs is 9. The van der Waals surface area contributed by atoms with Gasteiger partial charge in [0.2, 0.25) is 0 Å². The molecule has 5 fully saturated rings. The van der Waals surface area contributed by atoms with Crippen molar-refractivity contribution >= 4 is 0 Å². The van der Waals surface area contributed by atoms with Gasteiger partial charge < -0.3 is 14.6 Å². The molecule has 3 heteroatoms. The molecule has 0 amide bonds. The lowest BCUT2D eigenvalue weighted by Crippen LogP contribution is -2.70. The Balaban J connectivity index is 1.39. The minimum atomic E-state index is -0.607. The summed E-state index contributed by atoms with van der Waals surface area (Å²) in [5.74, 6) is 3.89. The van der Waals surface area contributed by atoms with Gasteiger partial charge in [-0.15, -0.1) is 0 Å². The van der Waals surface area contributed by atoms with Gasteiger partial charge in [-0.2, -0.15) is 0 Å². The summed E-state index contributed by atoms with van der Waals surface area (Å²) in [7, 11) is 0. The average Bonchev–Trinajstić information content (AvgIpc) is 2.77. The van der Waals surface area contributed by atoms with E-state index < -0.39 is 11.9 Å². The van der Waals surface area contributed by atoms with Crippen LogP contribution in [0.1, 0.15) is 107 Å². The van der Waals surface area contributed by atoms with Crippen molar-refractivity contribution in [1.29, 1.82) is 0 Å². The molecule has 7 unspecified atom stereocenters. The first-order valence-corrected chi connectivity index (χ1v) is 15.0. The molecule has 5 aliphatic carbocycles. The molecule has 6 aliphatic rings. The molecule has 0 bridgehead atoms. The summed E-state index contributed by atoms with van der Waals surface area (Å²) in [6.45, 7) is 20.0.